The number of benzene rings is 1. The van der Waals surface area contributed by atoms with Crippen LogP contribution in [0.1, 0.15) is 23.2 Å². The number of halogens is 5. The first-order valence-corrected chi connectivity index (χ1v) is 5.41. The summed E-state index contributed by atoms with van der Waals surface area (Å²) >= 11 is 0. The highest BCUT2D eigenvalue weighted by Crippen LogP contribution is 2.25. The van der Waals surface area contributed by atoms with Gasteiger partial charge in [-0.1, -0.05) is 0 Å². The minimum Gasteiger partial charge on any atom is -0.271 e. The van der Waals surface area contributed by atoms with Gasteiger partial charge in [-0.25, -0.2) is 27.0 Å². The van der Waals surface area contributed by atoms with E-state index in [0.29, 0.717) is 17.9 Å². The number of carbonyl (C=O) groups excluding carboxylic acids is 1. The molecule has 1 heterocycles. The van der Waals surface area contributed by atoms with Crippen molar-refractivity contribution >= 4 is 5.91 Å². The van der Waals surface area contributed by atoms with Gasteiger partial charge in [-0.15, -0.1) is 0 Å². The van der Waals surface area contributed by atoms with Crippen LogP contribution in [0.15, 0.2) is 0 Å². The Morgan fingerprint density at radius 3 is 1.89 bits per heavy atom. The van der Waals surface area contributed by atoms with Crippen LogP contribution in [0, 0.1) is 29.1 Å². The summed E-state index contributed by atoms with van der Waals surface area (Å²) in [6.07, 6.45) is 1.15. The van der Waals surface area contributed by atoms with Crippen molar-refractivity contribution in [3.8, 4) is 0 Å². The normalized spacial score (nSPS) is 15.7. The van der Waals surface area contributed by atoms with Crippen molar-refractivity contribution in [2.45, 2.75) is 12.8 Å². The summed E-state index contributed by atoms with van der Waals surface area (Å²) in [5.41, 5.74) is -1.50. The van der Waals surface area contributed by atoms with Crippen LogP contribution in [0.25, 0.3) is 0 Å². The van der Waals surface area contributed by atoms with Gasteiger partial charge in [0.15, 0.2) is 23.3 Å². The molecule has 0 aromatic heterocycles. The van der Waals surface area contributed by atoms with Gasteiger partial charge in [0.25, 0.3) is 5.91 Å². The van der Waals surface area contributed by atoms with Crippen molar-refractivity contribution in [3.63, 3.8) is 0 Å². The Kier molecular flexibility index (Phi) is 3.70. The molecule has 19 heavy (non-hydrogen) atoms. The first kappa shape index (κ1) is 13.7. The highest BCUT2D eigenvalue weighted by Gasteiger charge is 2.33. The molecule has 0 spiro atoms. The third-order valence-electron chi connectivity index (χ3n) is 2.65. The third-order valence-corrected chi connectivity index (χ3v) is 2.65. The zero-order valence-corrected chi connectivity index (χ0v) is 9.48. The van der Waals surface area contributed by atoms with Gasteiger partial charge in [-0.05, 0) is 12.8 Å². The van der Waals surface area contributed by atoms with Crippen LogP contribution in [-0.4, -0.2) is 24.1 Å². The molecule has 1 fully saturated rings. The fraction of sp³-hybridized carbons (Fsp3) is 0.364. The summed E-state index contributed by atoms with van der Waals surface area (Å²) < 4.78 is 65.5. The number of carbonyl (C=O) groups is 1. The number of hydrogen-bond acceptors (Lipinski definition) is 2. The van der Waals surface area contributed by atoms with Gasteiger partial charge in [-0.2, -0.15) is 0 Å². The van der Waals surface area contributed by atoms with Crippen molar-refractivity contribution in [1.82, 2.24) is 5.06 Å². The predicted molar refractivity (Wildman–Crippen MR) is 52.5 cm³/mol. The van der Waals surface area contributed by atoms with Gasteiger partial charge in [-0.3, -0.25) is 9.63 Å². The molecule has 0 saturated carbocycles. The van der Waals surface area contributed by atoms with E-state index in [0.717, 1.165) is 0 Å². The molecule has 0 atom stereocenters. The van der Waals surface area contributed by atoms with Crippen molar-refractivity contribution in [2.75, 3.05) is 13.2 Å². The second kappa shape index (κ2) is 5.12. The molecule has 0 aliphatic carbocycles. The summed E-state index contributed by atoms with van der Waals surface area (Å²) in [5, 5.41) is 0.599. The van der Waals surface area contributed by atoms with Crippen LogP contribution < -0.4 is 0 Å². The van der Waals surface area contributed by atoms with Crippen molar-refractivity contribution in [3.05, 3.63) is 34.6 Å². The highest BCUT2D eigenvalue weighted by molar-refractivity contribution is 5.94. The number of hydroxylamine groups is 2. The lowest BCUT2D eigenvalue weighted by Crippen LogP contribution is -2.37. The first-order valence-electron chi connectivity index (χ1n) is 5.41. The summed E-state index contributed by atoms with van der Waals surface area (Å²) in [6, 6.07) is 0. The second-order valence-electron chi connectivity index (χ2n) is 3.89. The molecule has 1 saturated heterocycles. The van der Waals surface area contributed by atoms with Crippen LogP contribution >= 0.6 is 0 Å². The summed E-state index contributed by atoms with van der Waals surface area (Å²) in [6.45, 7) is 0.166. The topological polar surface area (TPSA) is 29.5 Å². The highest BCUT2D eigenvalue weighted by atomic mass is 19.2. The van der Waals surface area contributed by atoms with Gasteiger partial charge in [0.1, 0.15) is 5.56 Å². The Labute approximate surface area is 104 Å². The third kappa shape index (κ3) is 2.27. The maximum absolute atomic E-state index is 13.4. The van der Waals surface area contributed by atoms with E-state index in [1.807, 2.05) is 0 Å². The molecular weight excluding hydrogens is 273 g/mol. The fourth-order valence-corrected chi connectivity index (χ4v) is 1.67. The predicted octanol–water partition coefficient (Wildman–Crippen LogP) is 2.55. The Hall–Kier alpha value is -1.70. The van der Waals surface area contributed by atoms with Crippen molar-refractivity contribution in [1.29, 1.82) is 0 Å². The lowest BCUT2D eigenvalue weighted by Gasteiger charge is -2.26. The summed E-state index contributed by atoms with van der Waals surface area (Å²) in [4.78, 5) is 16.5. The molecule has 8 heteroatoms. The zero-order chi connectivity index (χ0) is 14.2. The van der Waals surface area contributed by atoms with Crippen molar-refractivity contribution < 1.29 is 31.6 Å². The van der Waals surface area contributed by atoms with Gasteiger partial charge in [0, 0.05) is 6.54 Å². The number of amides is 1. The maximum atomic E-state index is 13.4. The Morgan fingerprint density at radius 1 is 0.895 bits per heavy atom. The number of hydrogen-bond donors (Lipinski definition) is 0. The monoisotopic (exact) mass is 281 g/mol. The Balaban J connectivity index is 2.47. The molecule has 0 bridgehead atoms. The van der Waals surface area contributed by atoms with Crippen LogP contribution in [0.3, 0.4) is 0 Å². The minimum absolute atomic E-state index is 0.0261. The van der Waals surface area contributed by atoms with E-state index in [1.165, 1.54) is 0 Å². The molecule has 2 rings (SSSR count). The minimum atomic E-state index is -2.30. The zero-order valence-electron chi connectivity index (χ0n) is 9.48. The van der Waals surface area contributed by atoms with E-state index >= 15 is 0 Å². The van der Waals surface area contributed by atoms with Gasteiger partial charge >= 0.3 is 0 Å². The molecule has 0 unspecified atom stereocenters. The van der Waals surface area contributed by atoms with E-state index in [9.17, 15) is 26.7 Å². The first-order chi connectivity index (χ1) is 8.95. The molecule has 1 amide bonds. The summed E-state index contributed by atoms with van der Waals surface area (Å²) in [7, 11) is 0. The Bertz CT molecular complexity index is 499. The molecule has 1 aromatic carbocycles. The Morgan fingerprint density at radius 2 is 1.42 bits per heavy atom. The van der Waals surface area contributed by atoms with Gasteiger partial charge in [0.05, 0.1) is 6.61 Å². The molecule has 3 nitrogen and oxygen atoms in total. The van der Waals surface area contributed by atoms with Crippen LogP contribution in [0.2, 0.25) is 0 Å². The van der Waals surface area contributed by atoms with Gasteiger partial charge < -0.3 is 0 Å². The standard InChI is InChI=1S/C11H8F5NO2/c12-6-5(7(13)9(15)10(16)8(6)14)11(18)17-3-1-2-4-19-17/h1-4H2. The average molecular weight is 281 g/mol. The van der Waals surface area contributed by atoms with Crippen molar-refractivity contribution in [2.24, 2.45) is 0 Å². The number of nitrogens with zero attached hydrogens (tertiary/aromatic N) is 1. The fourth-order valence-electron chi connectivity index (χ4n) is 1.67. The SMILES string of the molecule is O=C(c1c(F)c(F)c(F)c(F)c1F)N1CCCCO1. The maximum Gasteiger partial charge on any atom is 0.283 e. The lowest BCUT2D eigenvalue weighted by molar-refractivity contribution is -0.144. The molecule has 1 aromatic rings. The second-order valence-corrected chi connectivity index (χ2v) is 3.89. The van der Waals surface area contributed by atoms with Crippen LogP contribution in [0.4, 0.5) is 22.0 Å². The quantitative estimate of drug-likeness (QED) is 0.450. The number of rotatable bonds is 1. The largest absolute Gasteiger partial charge is 0.283 e. The van der Waals surface area contributed by atoms with E-state index < -0.39 is 40.6 Å². The molecule has 0 N–H and O–H groups in total. The van der Waals surface area contributed by atoms with E-state index in [2.05, 4.69) is 0 Å². The smallest absolute Gasteiger partial charge is 0.271 e. The molecule has 1 aliphatic heterocycles. The van der Waals surface area contributed by atoms with E-state index in [4.69, 9.17) is 4.84 Å². The average Bonchev–Trinajstić information content (AvgIpc) is 2.44. The molecule has 0 radical (unpaired) electrons. The van der Waals surface area contributed by atoms with Gasteiger partial charge in [0.2, 0.25) is 5.82 Å². The van der Waals surface area contributed by atoms with E-state index in [-0.39, 0.29) is 13.2 Å². The van der Waals surface area contributed by atoms with Crippen LogP contribution in [-0.2, 0) is 4.84 Å². The molecular formula is C11H8F5NO2. The summed E-state index contributed by atoms with van der Waals surface area (Å²) in [5.74, 6) is -12.3. The van der Waals surface area contributed by atoms with E-state index in [1.54, 1.807) is 0 Å². The molecule has 1 aliphatic rings. The van der Waals surface area contributed by atoms with Crippen LogP contribution in [0.5, 0.6) is 0 Å². The lowest BCUT2D eigenvalue weighted by atomic mass is 10.1. The molecule has 104 valence electrons.